The quantitative estimate of drug-likeness (QED) is 0.882. The lowest BCUT2D eigenvalue weighted by Crippen LogP contribution is -2.44. The van der Waals surface area contributed by atoms with Crippen LogP contribution in [0, 0.1) is 6.92 Å². The fourth-order valence-electron chi connectivity index (χ4n) is 2.51. The molecule has 0 unspecified atom stereocenters. The van der Waals surface area contributed by atoms with Crippen LogP contribution < -0.4 is 16.0 Å². The minimum absolute atomic E-state index is 0.226. The van der Waals surface area contributed by atoms with E-state index in [-0.39, 0.29) is 5.95 Å². The third-order valence-electron chi connectivity index (χ3n) is 3.76. The molecule has 1 fully saturated rings. The van der Waals surface area contributed by atoms with Crippen LogP contribution in [0.2, 0.25) is 0 Å². The van der Waals surface area contributed by atoms with E-state index < -0.39 is 0 Å². The van der Waals surface area contributed by atoms with Crippen molar-refractivity contribution in [1.29, 1.82) is 0 Å². The summed E-state index contributed by atoms with van der Waals surface area (Å²) >= 11 is 0. The molecule has 2 heterocycles. The van der Waals surface area contributed by atoms with Crippen LogP contribution in [0.4, 0.5) is 23.3 Å². The first-order chi connectivity index (χ1) is 10.6. The van der Waals surface area contributed by atoms with E-state index in [2.05, 4.69) is 49.2 Å². The Balaban J connectivity index is 1.69. The zero-order chi connectivity index (χ0) is 15.5. The monoisotopic (exact) mass is 299 g/mol. The van der Waals surface area contributed by atoms with Gasteiger partial charge in [0.2, 0.25) is 11.9 Å². The Morgan fingerprint density at radius 2 is 1.68 bits per heavy atom. The lowest BCUT2D eigenvalue weighted by Gasteiger charge is -2.34. The highest BCUT2D eigenvalue weighted by atomic mass is 15.2. The number of nitrogen functional groups attached to an aromatic ring is 1. The Labute approximate surface area is 130 Å². The van der Waals surface area contributed by atoms with E-state index in [4.69, 9.17) is 5.73 Å². The molecule has 7 heteroatoms. The van der Waals surface area contributed by atoms with Crippen molar-refractivity contribution < 1.29 is 0 Å². The zero-order valence-corrected chi connectivity index (χ0v) is 13.0. The molecule has 116 valence electrons. The minimum Gasteiger partial charge on any atom is -0.369 e. The molecule has 1 aromatic carbocycles. The standard InChI is InChI=1S/C15H21N7/c1-11-17-14(16)20-15(18-11)19-12-3-5-13(6-4-12)22-9-7-21(2)8-10-22/h3-6H,7-10H2,1-2H3,(H3,16,17,18,19,20). The van der Waals surface area contributed by atoms with E-state index in [1.165, 1.54) is 5.69 Å². The molecule has 0 bridgehead atoms. The Bertz CT molecular complexity index is 613. The fourth-order valence-corrected chi connectivity index (χ4v) is 2.51. The molecule has 3 rings (SSSR count). The van der Waals surface area contributed by atoms with Crippen molar-refractivity contribution in [2.24, 2.45) is 0 Å². The number of nitrogens with one attached hydrogen (secondary N) is 1. The fraction of sp³-hybridized carbons (Fsp3) is 0.400. The molecule has 2 aromatic rings. The molecule has 0 spiro atoms. The van der Waals surface area contributed by atoms with Crippen LogP contribution in [-0.4, -0.2) is 53.1 Å². The number of benzene rings is 1. The molecule has 1 aromatic heterocycles. The number of nitrogens with two attached hydrogens (primary N) is 1. The highest BCUT2D eigenvalue weighted by Gasteiger charge is 2.14. The molecule has 1 aliphatic heterocycles. The largest absolute Gasteiger partial charge is 0.369 e. The van der Waals surface area contributed by atoms with E-state index in [0.717, 1.165) is 31.9 Å². The van der Waals surface area contributed by atoms with Gasteiger partial charge in [-0.25, -0.2) is 0 Å². The number of rotatable bonds is 3. The zero-order valence-electron chi connectivity index (χ0n) is 13.0. The molecule has 0 amide bonds. The van der Waals surface area contributed by atoms with Gasteiger partial charge in [-0.15, -0.1) is 0 Å². The summed E-state index contributed by atoms with van der Waals surface area (Å²) in [5.41, 5.74) is 7.81. The van der Waals surface area contributed by atoms with E-state index in [9.17, 15) is 0 Å². The van der Waals surface area contributed by atoms with Crippen LogP contribution in [0.15, 0.2) is 24.3 Å². The van der Waals surface area contributed by atoms with Gasteiger partial charge in [-0.3, -0.25) is 0 Å². The summed E-state index contributed by atoms with van der Waals surface area (Å²) in [5, 5.41) is 3.15. The van der Waals surface area contributed by atoms with Gasteiger partial charge in [0.1, 0.15) is 5.82 Å². The molecule has 1 aliphatic rings. The number of piperazine rings is 1. The molecule has 0 radical (unpaired) electrons. The minimum atomic E-state index is 0.226. The summed E-state index contributed by atoms with van der Waals surface area (Å²) in [6.45, 7) is 6.12. The molecule has 22 heavy (non-hydrogen) atoms. The molecular formula is C15H21N7. The number of nitrogens with zero attached hydrogens (tertiary/aromatic N) is 5. The lowest BCUT2D eigenvalue weighted by atomic mass is 10.2. The van der Waals surface area contributed by atoms with Gasteiger partial charge in [0, 0.05) is 37.6 Å². The van der Waals surface area contributed by atoms with Gasteiger partial charge in [0.15, 0.2) is 0 Å². The average molecular weight is 299 g/mol. The number of aromatic nitrogens is 3. The molecule has 1 saturated heterocycles. The van der Waals surface area contributed by atoms with Gasteiger partial charge >= 0.3 is 0 Å². The first-order valence-electron chi connectivity index (χ1n) is 7.39. The van der Waals surface area contributed by atoms with Crippen LogP contribution >= 0.6 is 0 Å². The first-order valence-corrected chi connectivity index (χ1v) is 7.39. The summed E-state index contributed by atoms with van der Waals surface area (Å²) in [5.74, 6) is 1.30. The molecular weight excluding hydrogens is 278 g/mol. The lowest BCUT2D eigenvalue weighted by molar-refractivity contribution is 0.313. The number of aryl methyl sites for hydroxylation is 1. The van der Waals surface area contributed by atoms with Crippen LogP contribution in [-0.2, 0) is 0 Å². The van der Waals surface area contributed by atoms with Gasteiger partial charge < -0.3 is 20.9 Å². The summed E-state index contributed by atoms with van der Waals surface area (Å²) < 4.78 is 0. The number of hydrogen-bond acceptors (Lipinski definition) is 7. The Hall–Kier alpha value is -2.41. The van der Waals surface area contributed by atoms with Crippen LogP contribution in [0.3, 0.4) is 0 Å². The van der Waals surface area contributed by atoms with E-state index in [1.54, 1.807) is 6.92 Å². The van der Waals surface area contributed by atoms with Crippen LogP contribution in [0.1, 0.15) is 5.82 Å². The van der Waals surface area contributed by atoms with Crippen LogP contribution in [0.5, 0.6) is 0 Å². The van der Waals surface area contributed by atoms with Gasteiger partial charge in [-0.05, 0) is 38.2 Å². The van der Waals surface area contributed by atoms with Crippen molar-refractivity contribution in [3.8, 4) is 0 Å². The Kier molecular flexibility index (Phi) is 4.06. The second kappa shape index (κ2) is 6.15. The Morgan fingerprint density at radius 1 is 1.00 bits per heavy atom. The number of likely N-dealkylation sites (N-methyl/N-ethyl adjacent to an activating group) is 1. The van der Waals surface area contributed by atoms with Crippen molar-refractivity contribution in [2.45, 2.75) is 6.92 Å². The van der Waals surface area contributed by atoms with E-state index in [1.807, 2.05) is 12.1 Å². The smallest absolute Gasteiger partial charge is 0.232 e. The maximum Gasteiger partial charge on any atom is 0.232 e. The number of anilines is 4. The third kappa shape index (κ3) is 3.43. The number of hydrogen-bond donors (Lipinski definition) is 2. The summed E-state index contributed by atoms with van der Waals surface area (Å²) in [7, 11) is 2.16. The van der Waals surface area contributed by atoms with E-state index >= 15 is 0 Å². The highest BCUT2D eigenvalue weighted by molar-refractivity contribution is 5.59. The second-order valence-corrected chi connectivity index (χ2v) is 5.53. The second-order valence-electron chi connectivity index (χ2n) is 5.53. The summed E-state index contributed by atoms with van der Waals surface area (Å²) in [6.07, 6.45) is 0. The molecule has 7 nitrogen and oxygen atoms in total. The molecule has 0 atom stereocenters. The maximum atomic E-state index is 5.63. The molecule has 0 saturated carbocycles. The SMILES string of the molecule is Cc1nc(N)nc(Nc2ccc(N3CCN(C)CC3)cc2)n1. The van der Waals surface area contributed by atoms with Crippen molar-refractivity contribution >= 4 is 23.3 Å². The summed E-state index contributed by atoms with van der Waals surface area (Å²) in [4.78, 5) is 17.0. The highest BCUT2D eigenvalue weighted by Crippen LogP contribution is 2.21. The predicted octanol–water partition coefficient (Wildman–Crippen LogP) is 1.26. The summed E-state index contributed by atoms with van der Waals surface area (Å²) in [6, 6.07) is 8.29. The van der Waals surface area contributed by atoms with Crippen molar-refractivity contribution in [1.82, 2.24) is 19.9 Å². The molecule has 3 N–H and O–H groups in total. The maximum absolute atomic E-state index is 5.63. The van der Waals surface area contributed by atoms with E-state index in [0.29, 0.717) is 11.8 Å². The van der Waals surface area contributed by atoms with Gasteiger partial charge in [0.25, 0.3) is 0 Å². The van der Waals surface area contributed by atoms with Gasteiger partial charge in [-0.2, -0.15) is 15.0 Å². The third-order valence-corrected chi connectivity index (χ3v) is 3.76. The predicted molar refractivity (Wildman–Crippen MR) is 88.4 cm³/mol. The van der Waals surface area contributed by atoms with Gasteiger partial charge in [0.05, 0.1) is 0 Å². The Morgan fingerprint density at radius 3 is 2.32 bits per heavy atom. The molecule has 0 aliphatic carbocycles. The average Bonchev–Trinajstić information content (AvgIpc) is 2.48. The first kappa shape index (κ1) is 14.5. The van der Waals surface area contributed by atoms with Crippen molar-refractivity contribution in [2.75, 3.05) is 49.2 Å². The normalized spacial score (nSPS) is 15.8. The van der Waals surface area contributed by atoms with Crippen LogP contribution in [0.25, 0.3) is 0 Å². The topological polar surface area (TPSA) is 83.2 Å². The van der Waals surface area contributed by atoms with Crippen molar-refractivity contribution in [3.05, 3.63) is 30.1 Å². The van der Waals surface area contributed by atoms with Crippen molar-refractivity contribution in [3.63, 3.8) is 0 Å². The van der Waals surface area contributed by atoms with Gasteiger partial charge in [-0.1, -0.05) is 0 Å².